The van der Waals surface area contributed by atoms with Crippen molar-refractivity contribution in [2.24, 2.45) is 0 Å². The van der Waals surface area contributed by atoms with E-state index in [9.17, 15) is 10.2 Å². The summed E-state index contributed by atoms with van der Waals surface area (Å²) in [5, 5.41) is 24.7. The van der Waals surface area contributed by atoms with Gasteiger partial charge in [-0.05, 0) is 6.92 Å². The van der Waals surface area contributed by atoms with E-state index in [0.717, 1.165) is 54.8 Å². The van der Waals surface area contributed by atoms with Gasteiger partial charge in [0.15, 0.2) is 11.9 Å². The Labute approximate surface area is 168 Å². The van der Waals surface area contributed by atoms with Gasteiger partial charge in [-0.3, -0.25) is 0 Å². The summed E-state index contributed by atoms with van der Waals surface area (Å²) in [6.45, 7) is 9.22. The molecule has 3 heterocycles. The molecule has 4 rings (SSSR count). The molecule has 0 saturated carbocycles. The van der Waals surface area contributed by atoms with Crippen molar-refractivity contribution >= 4 is 16.3 Å². The molecule has 1 aromatic carbocycles. The monoisotopic (exact) mass is 403 g/mol. The van der Waals surface area contributed by atoms with Crippen LogP contribution in [0.5, 0.6) is 5.88 Å². The molecule has 3 aromatic rings. The maximum absolute atomic E-state index is 11.0. The van der Waals surface area contributed by atoms with Gasteiger partial charge in [-0.1, -0.05) is 48.1 Å². The zero-order chi connectivity index (χ0) is 19.7. The number of fused-ring (bicyclic) bond motifs is 1. The summed E-state index contributed by atoms with van der Waals surface area (Å²) in [7, 11) is 0. The number of nitrogens with one attached hydrogen (secondary N) is 2. The van der Waals surface area contributed by atoms with Gasteiger partial charge < -0.3 is 20.0 Å². The molecule has 4 N–H and O–H groups in total. The number of piperazine rings is 1. The number of aryl methyl sites for hydroxylation is 2. The maximum Gasteiger partial charge on any atom is 0.235 e. The summed E-state index contributed by atoms with van der Waals surface area (Å²) >= 11 is 1.54. The molecule has 7 nitrogen and oxygen atoms in total. The Hall–Kier alpha value is -2.00. The minimum Gasteiger partial charge on any atom is -0.492 e. The highest BCUT2D eigenvalue weighted by Gasteiger charge is 2.36. The van der Waals surface area contributed by atoms with Crippen LogP contribution in [-0.2, 0) is 6.42 Å². The van der Waals surface area contributed by atoms with Crippen LogP contribution in [0, 0.1) is 6.92 Å². The van der Waals surface area contributed by atoms with Gasteiger partial charge in [-0.25, -0.2) is 4.98 Å². The fourth-order valence-corrected chi connectivity index (χ4v) is 5.24. The highest BCUT2D eigenvalue weighted by atomic mass is 32.1. The van der Waals surface area contributed by atoms with Crippen LogP contribution in [0.25, 0.3) is 4.96 Å². The lowest BCUT2D eigenvalue weighted by Gasteiger charge is -2.34. The van der Waals surface area contributed by atoms with Gasteiger partial charge in [0.2, 0.25) is 10.8 Å². The second-order valence-corrected chi connectivity index (χ2v) is 8.60. The molecule has 1 atom stereocenters. The van der Waals surface area contributed by atoms with E-state index in [1.807, 2.05) is 6.92 Å². The molecule has 1 aliphatic heterocycles. The number of aromatic hydroxyl groups is 1. The third kappa shape index (κ3) is 3.65. The Balaban J connectivity index is 1.70. The fourth-order valence-electron chi connectivity index (χ4n) is 4.08. The number of benzene rings is 1. The number of aliphatic hydroxyl groups is 1. The Kier molecular flexibility index (Phi) is 5.63. The molecule has 0 aliphatic carbocycles. The molecular weight excluding hydrogens is 374 g/mol. The number of aliphatic hydroxyl groups excluding tert-OH is 1. The van der Waals surface area contributed by atoms with Crippen LogP contribution in [0.4, 0.5) is 0 Å². The summed E-state index contributed by atoms with van der Waals surface area (Å²) in [4.78, 5) is 9.14. The van der Waals surface area contributed by atoms with Crippen molar-refractivity contribution in [3.05, 3.63) is 46.1 Å². The molecular formula is C20H29N5O2S+2. The van der Waals surface area contributed by atoms with Crippen LogP contribution in [0.1, 0.15) is 34.8 Å². The van der Waals surface area contributed by atoms with Crippen LogP contribution >= 0.6 is 11.3 Å². The van der Waals surface area contributed by atoms with Crippen LogP contribution in [0.3, 0.4) is 0 Å². The predicted octanol–water partition coefficient (Wildman–Crippen LogP) is -0.768. The molecule has 150 valence electrons. The van der Waals surface area contributed by atoms with E-state index in [2.05, 4.69) is 41.3 Å². The first-order chi connectivity index (χ1) is 13.6. The van der Waals surface area contributed by atoms with E-state index < -0.39 is 0 Å². The molecule has 28 heavy (non-hydrogen) atoms. The summed E-state index contributed by atoms with van der Waals surface area (Å²) in [6, 6.07) is 8.69. The second-order valence-electron chi connectivity index (χ2n) is 7.59. The van der Waals surface area contributed by atoms with Crippen molar-refractivity contribution in [1.82, 2.24) is 14.6 Å². The van der Waals surface area contributed by atoms with Crippen LogP contribution in [0.2, 0.25) is 0 Å². The Bertz CT molecular complexity index is 928. The van der Waals surface area contributed by atoms with Gasteiger partial charge in [0, 0.05) is 12.0 Å². The number of aromatic nitrogens is 3. The smallest absolute Gasteiger partial charge is 0.235 e. The summed E-state index contributed by atoms with van der Waals surface area (Å²) in [5.41, 5.74) is 2.44. The number of hydrogen-bond donors (Lipinski definition) is 4. The minimum absolute atomic E-state index is 0.0647. The van der Waals surface area contributed by atoms with Gasteiger partial charge >= 0.3 is 0 Å². The van der Waals surface area contributed by atoms with Crippen LogP contribution in [0.15, 0.2) is 24.3 Å². The van der Waals surface area contributed by atoms with E-state index in [4.69, 9.17) is 0 Å². The summed E-state index contributed by atoms with van der Waals surface area (Å²) < 4.78 is 1.59. The minimum atomic E-state index is 0.0647. The van der Waals surface area contributed by atoms with Gasteiger partial charge in [0.1, 0.15) is 37.6 Å². The molecule has 8 heteroatoms. The fraction of sp³-hybridized carbons (Fsp3) is 0.500. The molecule has 1 fully saturated rings. The van der Waals surface area contributed by atoms with Crippen molar-refractivity contribution in [2.75, 3.05) is 39.3 Å². The Morgan fingerprint density at radius 3 is 2.50 bits per heavy atom. The predicted molar refractivity (Wildman–Crippen MR) is 108 cm³/mol. The highest BCUT2D eigenvalue weighted by Crippen LogP contribution is 2.35. The molecule has 1 aliphatic rings. The zero-order valence-electron chi connectivity index (χ0n) is 16.5. The van der Waals surface area contributed by atoms with Crippen molar-refractivity contribution in [3.8, 4) is 5.88 Å². The van der Waals surface area contributed by atoms with Crippen LogP contribution < -0.4 is 9.80 Å². The summed E-state index contributed by atoms with van der Waals surface area (Å²) in [5.74, 6) is 0.976. The average Bonchev–Trinajstić information content (AvgIpc) is 3.24. The van der Waals surface area contributed by atoms with Gasteiger partial charge in [0.05, 0.1) is 6.61 Å². The second kappa shape index (κ2) is 8.16. The van der Waals surface area contributed by atoms with Crippen molar-refractivity contribution in [2.45, 2.75) is 26.3 Å². The molecule has 0 unspecified atom stereocenters. The van der Waals surface area contributed by atoms with Gasteiger partial charge in [0.25, 0.3) is 0 Å². The van der Waals surface area contributed by atoms with E-state index in [-0.39, 0.29) is 18.5 Å². The van der Waals surface area contributed by atoms with E-state index in [0.29, 0.717) is 0 Å². The van der Waals surface area contributed by atoms with Crippen LogP contribution in [-0.4, -0.2) is 64.1 Å². The topological polar surface area (TPSA) is 79.5 Å². The highest BCUT2D eigenvalue weighted by molar-refractivity contribution is 7.17. The van der Waals surface area contributed by atoms with E-state index in [1.54, 1.807) is 15.9 Å². The van der Waals surface area contributed by atoms with Gasteiger partial charge in [-0.2, -0.15) is 4.52 Å². The van der Waals surface area contributed by atoms with Crippen molar-refractivity contribution < 1.29 is 20.0 Å². The summed E-state index contributed by atoms with van der Waals surface area (Å²) in [6.07, 6.45) is 0.755. The molecule has 1 saturated heterocycles. The zero-order valence-corrected chi connectivity index (χ0v) is 17.3. The molecule has 0 radical (unpaired) electrons. The Morgan fingerprint density at radius 2 is 1.89 bits per heavy atom. The lowest BCUT2D eigenvalue weighted by molar-refractivity contribution is -1.02. The quantitative estimate of drug-likeness (QED) is 0.436. The standard InChI is InChI=1S/C20H27N5O2S/c1-3-16-21-20-25(22-16)19(27)18(28-20)17(15-6-4-14(2)5-7-15)24-10-8-23(9-11-24)12-13-26/h4-7,17,26-27H,3,8-13H2,1-2H3/p+2/t17-/m0/s1. The largest absolute Gasteiger partial charge is 0.492 e. The lowest BCUT2D eigenvalue weighted by Crippen LogP contribution is -3.28. The molecule has 0 amide bonds. The first-order valence-electron chi connectivity index (χ1n) is 10.0. The number of thiazole rings is 1. The third-order valence-corrected chi connectivity index (χ3v) is 6.79. The van der Waals surface area contributed by atoms with Crippen molar-refractivity contribution in [1.29, 1.82) is 0 Å². The third-order valence-electron chi connectivity index (χ3n) is 5.71. The first kappa shape index (κ1) is 19.3. The lowest BCUT2D eigenvalue weighted by atomic mass is 10.0. The number of nitrogens with zero attached hydrogens (tertiary/aromatic N) is 3. The van der Waals surface area contributed by atoms with E-state index in [1.165, 1.54) is 20.9 Å². The molecule has 2 aromatic heterocycles. The SMILES string of the molecule is CCc1nc2sc([C@H](c3ccc(C)cc3)[NH+]3CC[NH+](CCO)CC3)c(O)n2n1. The number of rotatable bonds is 6. The van der Waals surface area contributed by atoms with E-state index >= 15 is 0 Å². The van der Waals surface area contributed by atoms with Gasteiger partial charge in [-0.15, -0.1) is 5.10 Å². The molecule has 0 bridgehead atoms. The Morgan fingerprint density at radius 1 is 1.18 bits per heavy atom. The molecule has 0 spiro atoms. The van der Waals surface area contributed by atoms with Crippen molar-refractivity contribution in [3.63, 3.8) is 0 Å². The first-order valence-corrected chi connectivity index (χ1v) is 10.8. The number of hydrogen-bond acceptors (Lipinski definition) is 5. The maximum atomic E-state index is 11.0. The normalized spacial score (nSPS) is 21.2. The average molecular weight is 404 g/mol. The number of quaternary nitrogens is 2.